The van der Waals surface area contributed by atoms with E-state index in [0.717, 1.165) is 25.7 Å². The molecule has 0 amide bonds. The molecule has 9 heteroatoms. The highest BCUT2D eigenvalue weighted by molar-refractivity contribution is 7.21. The Hall–Kier alpha value is -2.49. The quantitative estimate of drug-likeness (QED) is 0.400. The van der Waals surface area contributed by atoms with Crippen LogP contribution in [0.3, 0.4) is 0 Å². The lowest BCUT2D eigenvalue weighted by Crippen LogP contribution is -1.96. The summed E-state index contributed by atoms with van der Waals surface area (Å²) in [5, 5.41) is 20.3. The molecule has 0 aliphatic heterocycles. The van der Waals surface area contributed by atoms with Crippen molar-refractivity contribution in [2.24, 2.45) is 0 Å². The fourth-order valence-electron chi connectivity index (χ4n) is 2.84. The van der Waals surface area contributed by atoms with Gasteiger partial charge in [0.2, 0.25) is 0 Å². The smallest absolute Gasteiger partial charge is 0.348 e. The zero-order chi connectivity index (χ0) is 22.5. The number of carbonyl (C=O) groups excluding carboxylic acids is 2. The minimum Gasteiger partial charge on any atom is -0.465 e. The van der Waals surface area contributed by atoms with Crippen LogP contribution in [0.2, 0.25) is 5.02 Å². The summed E-state index contributed by atoms with van der Waals surface area (Å²) in [5.41, 5.74) is 1.50. The fraction of sp³-hybridized carbons (Fsp3) is 0.182. The third-order valence-electron chi connectivity index (χ3n) is 4.42. The van der Waals surface area contributed by atoms with E-state index in [1.54, 1.807) is 18.2 Å². The molecule has 0 atom stereocenters. The molecule has 162 valence electrons. The molecule has 4 rings (SSSR count). The van der Waals surface area contributed by atoms with Gasteiger partial charge in [-0.25, -0.2) is 9.59 Å². The van der Waals surface area contributed by atoms with E-state index >= 15 is 0 Å². The van der Waals surface area contributed by atoms with Crippen LogP contribution >= 0.6 is 34.3 Å². The van der Waals surface area contributed by atoms with Crippen molar-refractivity contribution < 1.29 is 29.3 Å². The molecule has 2 aromatic carbocycles. The monoisotopic (exact) mass is 478 g/mol. The molecule has 0 radical (unpaired) electrons. The van der Waals surface area contributed by atoms with Crippen LogP contribution in [-0.4, -0.2) is 36.4 Å². The number of thiophene rings is 2. The number of halogens is 1. The van der Waals surface area contributed by atoms with Crippen LogP contribution in [0.1, 0.15) is 30.5 Å². The van der Waals surface area contributed by atoms with E-state index in [4.69, 9.17) is 21.8 Å². The van der Waals surface area contributed by atoms with E-state index in [1.165, 1.54) is 36.9 Å². The van der Waals surface area contributed by atoms with Crippen LogP contribution in [0.4, 0.5) is 0 Å². The summed E-state index contributed by atoms with van der Waals surface area (Å²) in [6.07, 6.45) is 0. The molecule has 0 aliphatic carbocycles. The van der Waals surface area contributed by atoms with Crippen molar-refractivity contribution in [1.82, 2.24) is 0 Å². The van der Waals surface area contributed by atoms with Crippen LogP contribution in [0.15, 0.2) is 42.5 Å². The number of hydrogen-bond acceptors (Lipinski definition) is 8. The number of aliphatic hydroxyl groups excluding tert-OH is 2. The first-order chi connectivity index (χ1) is 14.9. The van der Waals surface area contributed by atoms with Gasteiger partial charge in [0.15, 0.2) is 0 Å². The van der Waals surface area contributed by atoms with Crippen molar-refractivity contribution >= 4 is 66.4 Å². The Morgan fingerprint density at radius 3 is 2.10 bits per heavy atom. The summed E-state index contributed by atoms with van der Waals surface area (Å²) in [5.74, 6) is -0.690. The Bertz CT molecular complexity index is 1240. The SMILES string of the molecule is COC(=O)c1cc2c(Cl)c(CO)ccc2s1.COC(=O)c1cc2cc(CO)ccc2s1. The maximum atomic E-state index is 11.3. The zero-order valence-corrected chi connectivity index (χ0v) is 19.1. The third-order valence-corrected chi connectivity index (χ3v) is 7.04. The molecule has 4 aromatic rings. The lowest BCUT2D eigenvalue weighted by Gasteiger charge is -2.00. The molecule has 0 saturated carbocycles. The van der Waals surface area contributed by atoms with Gasteiger partial charge in [0.05, 0.1) is 32.5 Å². The van der Waals surface area contributed by atoms with Crippen LogP contribution in [0, 0.1) is 0 Å². The fourth-order valence-corrected chi connectivity index (χ4v) is 5.12. The van der Waals surface area contributed by atoms with Gasteiger partial charge in [0.25, 0.3) is 0 Å². The van der Waals surface area contributed by atoms with Crippen LogP contribution in [0.5, 0.6) is 0 Å². The van der Waals surface area contributed by atoms with E-state index in [9.17, 15) is 9.59 Å². The van der Waals surface area contributed by atoms with Crippen LogP contribution < -0.4 is 0 Å². The Balaban J connectivity index is 0.000000176. The molecule has 0 fully saturated rings. The van der Waals surface area contributed by atoms with Crippen molar-refractivity contribution in [3.8, 4) is 0 Å². The lowest BCUT2D eigenvalue weighted by atomic mass is 10.1. The highest BCUT2D eigenvalue weighted by atomic mass is 35.5. The summed E-state index contributed by atoms with van der Waals surface area (Å²) < 4.78 is 11.2. The number of ether oxygens (including phenoxy) is 2. The second kappa shape index (κ2) is 10.2. The average molecular weight is 479 g/mol. The molecule has 2 N–H and O–H groups in total. The van der Waals surface area contributed by atoms with E-state index in [0.29, 0.717) is 20.3 Å². The number of methoxy groups -OCH3 is 2. The average Bonchev–Trinajstić information content (AvgIpc) is 3.43. The predicted octanol–water partition coefficient (Wildman–Crippen LogP) is 5.01. The molecule has 2 heterocycles. The number of carbonyl (C=O) groups is 2. The Kier molecular flexibility index (Phi) is 7.64. The number of rotatable bonds is 4. The van der Waals surface area contributed by atoms with E-state index in [-0.39, 0.29) is 25.2 Å². The first-order valence-electron chi connectivity index (χ1n) is 9.03. The minimum absolute atomic E-state index is 0.0132. The summed E-state index contributed by atoms with van der Waals surface area (Å²) >= 11 is 8.81. The topological polar surface area (TPSA) is 93.1 Å². The number of hydrogen-bond donors (Lipinski definition) is 2. The van der Waals surface area contributed by atoms with Gasteiger partial charge in [-0.15, -0.1) is 22.7 Å². The Labute approximate surface area is 191 Å². The van der Waals surface area contributed by atoms with Crippen molar-refractivity contribution in [3.63, 3.8) is 0 Å². The molecule has 0 aliphatic rings. The van der Waals surface area contributed by atoms with Crippen LogP contribution in [0.25, 0.3) is 20.2 Å². The Morgan fingerprint density at radius 1 is 0.871 bits per heavy atom. The second-order valence-electron chi connectivity index (χ2n) is 6.34. The minimum atomic E-state index is -0.372. The standard InChI is InChI=1S/C11H9ClO3S.C11H10O3S/c1-15-11(14)9-4-7-8(16-9)3-2-6(5-13)10(7)12;1-14-11(13)10-5-8-4-7(6-12)2-3-9(8)15-10/h2-4,13H,5H2,1H3;2-5,12H,6H2,1H3. The van der Waals surface area contributed by atoms with Gasteiger partial charge >= 0.3 is 11.9 Å². The molecule has 0 bridgehead atoms. The molecule has 6 nitrogen and oxygen atoms in total. The summed E-state index contributed by atoms with van der Waals surface area (Å²) in [6, 6.07) is 12.7. The van der Waals surface area contributed by atoms with Crippen molar-refractivity contribution in [1.29, 1.82) is 0 Å². The van der Waals surface area contributed by atoms with Gasteiger partial charge in [-0.3, -0.25) is 0 Å². The highest BCUT2D eigenvalue weighted by Crippen LogP contribution is 2.34. The van der Waals surface area contributed by atoms with Crippen molar-refractivity contribution in [3.05, 3.63) is 68.4 Å². The van der Waals surface area contributed by atoms with E-state index in [1.807, 2.05) is 24.3 Å². The normalized spacial score (nSPS) is 10.6. The maximum Gasteiger partial charge on any atom is 0.348 e. The zero-order valence-electron chi connectivity index (χ0n) is 16.7. The van der Waals surface area contributed by atoms with E-state index in [2.05, 4.69) is 9.47 Å². The molecule has 0 spiro atoms. The number of fused-ring (bicyclic) bond motifs is 2. The Morgan fingerprint density at radius 2 is 1.48 bits per heavy atom. The van der Waals surface area contributed by atoms with Gasteiger partial charge in [-0.05, 0) is 46.8 Å². The lowest BCUT2D eigenvalue weighted by molar-refractivity contribution is 0.0597. The molecule has 0 unspecified atom stereocenters. The van der Waals surface area contributed by atoms with E-state index < -0.39 is 0 Å². The van der Waals surface area contributed by atoms with Gasteiger partial charge < -0.3 is 19.7 Å². The maximum absolute atomic E-state index is 11.3. The largest absolute Gasteiger partial charge is 0.465 e. The van der Waals surface area contributed by atoms with Crippen LogP contribution in [-0.2, 0) is 22.7 Å². The number of esters is 2. The van der Waals surface area contributed by atoms with Gasteiger partial charge in [0.1, 0.15) is 9.75 Å². The summed E-state index contributed by atoms with van der Waals surface area (Å²) in [7, 11) is 2.71. The molecule has 0 saturated heterocycles. The molecular formula is C22H19ClO6S2. The molecular weight excluding hydrogens is 460 g/mol. The van der Waals surface area contributed by atoms with Crippen molar-refractivity contribution in [2.45, 2.75) is 13.2 Å². The second-order valence-corrected chi connectivity index (χ2v) is 8.89. The number of benzene rings is 2. The molecule has 2 aromatic heterocycles. The first kappa shape index (κ1) is 23.2. The van der Waals surface area contributed by atoms with Crippen molar-refractivity contribution in [2.75, 3.05) is 14.2 Å². The van der Waals surface area contributed by atoms with Gasteiger partial charge in [-0.2, -0.15) is 0 Å². The highest BCUT2D eigenvalue weighted by Gasteiger charge is 2.14. The van der Waals surface area contributed by atoms with Gasteiger partial charge in [0, 0.05) is 14.8 Å². The van der Waals surface area contributed by atoms with Gasteiger partial charge in [-0.1, -0.05) is 23.7 Å². The summed E-state index contributed by atoms with van der Waals surface area (Å²) in [4.78, 5) is 23.7. The summed E-state index contributed by atoms with van der Waals surface area (Å²) in [6.45, 7) is -0.0997. The predicted molar refractivity (Wildman–Crippen MR) is 123 cm³/mol. The number of aliphatic hydroxyl groups is 2. The first-order valence-corrected chi connectivity index (χ1v) is 11.0. The molecule has 31 heavy (non-hydrogen) atoms. The third kappa shape index (κ3) is 5.06.